The maximum atomic E-state index is 10.7. The van der Waals surface area contributed by atoms with E-state index in [0.29, 0.717) is 0 Å². The van der Waals surface area contributed by atoms with Crippen LogP contribution in [0.3, 0.4) is 0 Å². The fraction of sp³-hybridized carbons (Fsp3) is 0.714. The summed E-state index contributed by atoms with van der Waals surface area (Å²) in [6.07, 6.45) is 0. The summed E-state index contributed by atoms with van der Waals surface area (Å²) >= 11 is 10.4. The molecular formula is C7H10Cl2O2. The van der Waals surface area contributed by atoms with E-state index < -0.39 is 21.8 Å². The predicted octanol–water partition coefficient (Wildman–Crippen LogP) is 2.18. The number of carbonyl (C=O) groups is 2. The smallest absolute Gasteiger partial charge is 0.234 e. The van der Waals surface area contributed by atoms with Crippen molar-refractivity contribution in [1.29, 1.82) is 0 Å². The quantitative estimate of drug-likeness (QED) is 0.502. The first-order valence-electron chi connectivity index (χ1n) is 3.15. The van der Waals surface area contributed by atoms with Gasteiger partial charge in [0.2, 0.25) is 10.5 Å². The van der Waals surface area contributed by atoms with Crippen LogP contribution in [0.2, 0.25) is 0 Å². The highest BCUT2D eigenvalue weighted by atomic mass is 35.5. The van der Waals surface area contributed by atoms with Gasteiger partial charge in [0.15, 0.2) is 0 Å². The minimum Gasteiger partial charge on any atom is -0.280 e. The Morgan fingerprint density at radius 1 is 1.09 bits per heavy atom. The van der Waals surface area contributed by atoms with Crippen molar-refractivity contribution in [1.82, 2.24) is 0 Å². The maximum Gasteiger partial charge on any atom is 0.234 e. The summed E-state index contributed by atoms with van der Waals surface area (Å²) in [5, 5.41) is -1.39. The van der Waals surface area contributed by atoms with E-state index in [1.54, 1.807) is 20.8 Å². The van der Waals surface area contributed by atoms with Crippen LogP contribution < -0.4 is 0 Å². The first kappa shape index (κ1) is 10.9. The summed E-state index contributed by atoms with van der Waals surface area (Å²) in [6.45, 7) is 5.20. The Morgan fingerprint density at radius 3 is 1.36 bits per heavy atom. The zero-order valence-electron chi connectivity index (χ0n) is 6.65. The molecule has 0 unspecified atom stereocenters. The zero-order chi connectivity index (χ0) is 9.23. The van der Waals surface area contributed by atoms with Crippen LogP contribution in [0.15, 0.2) is 0 Å². The average Bonchev–Trinajstić information content (AvgIpc) is 1.54. The largest absolute Gasteiger partial charge is 0.280 e. The summed E-state index contributed by atoms with van der Waals surface area (Å²) in [5.74, 6) is -0.911. The molecule has 4 heteroatoms. The van der Waals surface area contributed by atoms with Gasteiger partial charge in [0.25, 0.3) is 0 Å². The van der Waals surface area contributed by atoms with Gasteiger partial charge in [-0.3, -0.25) is 9.59 Å². The molecule has 0 aliphatic rings. The fourth-order valence-electron chi connectivity index (χ4n) is 0.770. The molecule has 2 nitrogen and oxygen atoms in total. The van der Waals surface area contributed by atoms with Gasteiger partial charge in [-0.15, -0.1) is 0 Å². The molecule has 0 bridgehead atoms. The Bertz CT molecular complexity index is 167. The van der Waals surface area contributed by atoms with E-state index in [0.717, 1.165) is 0 Å². The summed E-state index contributed by atoms with van der Waals surface area (Å²) in [4.78, 5) is 21.4. The molecule has 0 aliphatic heterocycles. The topological polar surface area (TPSA) is 34.1 Å². The van der Waals surface area contributed by atoms with E-state index in [1.807, 2.05) is 0 Å². The van der Waals surface area contributed by atoms with Crippen LogP contribution in [0.25, 0.3) is 0 Å². The molecule has 0 saturated heterocycles. The molecule has 0 aromatic rings. The molecule has 11 heavy (non-hydrogen) atoms. The molecule has 0 amide bonds. The molecule has 0 aromatic heterocycles. The highest BCUT2D eigenvalue weighted by molar-refractivity contribution is 6.73. The SMILES string of the molecule is CC(C)(C)C(C(=O)Cl)C(=O)Cl. The molecule has 0 N–H and O–H groups in total. The summed E-state index contributed by atoms with van der Waals surface area (Å²) in [7, 11) is 0. The van der Waals surface area contributed by atoms with Crippen molar-refractivity contribution in [2.24, 2.45) is 11.3 Å². The number of carbonyl (C=O) groups excluding carboxylic acids is 2. The number of halogens is 2. The third-order valence-electron chi connectivity index (χ3n) is 1.32. The van der Waals surface area contributed by atoms with Crippen molar-refractivity contribution in [3.8, 4) is 0 Å². The van der Waals surface area contributed by atoms with Crippen molar-refractivity contribution in [2.45, 2.75) is 20.8 Å². The molecule has 64 valence electrons. The third kappa shape index (κ3) is 3.21. The highest BCUT2D eigenvalue weighted by Gasteiger charge is 2.35. The van der Waals surface area contributed by atoms with Gasteiger partial charge in [-0.1, -0.05) is 20.8 Å². The monoisotopic (exact) mass is 196 g/mol. The Hall–Kier alpha value is -0.0800. The van der Waals surface area contributed by atoms with Crippen LogP contribution in [0.1, 0.15) is 20.8 Å². The Balaban J connectivity index is 4.63. The summed E-state index contributed by atoms with van der Waals surface area (Å²) in [5.41, 5.74) is -0.502. The van der Waals surface area contributed by atoms with Crippen molar-refractivity contribution in [3.63, 3.8) is 0 Å². The summed E-state index contributed by atoms with van der Waals surface area (Å²) in [6, 6.07) is 0. The van der Waals surface area contributed by atoms with Gasteiger partial charge >= 0.3 is 0 Å². The number of hydrogen-bond acceptors (Lipinski definition) is 2. The molecule has 0 atom stereocenters. The van der Waals surface area contributed by atoms with Gasteiger partial charge in [0.05, 0.1) is 0 Å². The van der Waals surface area contributed by atoms with Gasteiger partial charge < -0.3 is 0 Å². The Kier molecular flexibility index (Phi) is 3.52. The van der Waals surface area contributed by atoms with E-state index in [9.17, 15) is 9.59 Å². The van der Waals surface area contributed by atoms with E-state index >= 15 is 0 Å². The van der Waals surface area contributed by atoms with Gasteiger partial charge in [-0.2, -0.15) is 0 Å². The maximum absolute atomic E-state index is 10.7. The second kappa shape index (κ2) is 3.55. The van der Waals surface area contributed by atoms with Crippen LogP contribution in [0.4, 0.5) is 0 Å². The van der Waals surface area contributed by atoms with E-state index in [4.69, 9.17) is 23.2 Å². The molecule has 0 spiro atoms. The van der Waals surface area contributed by atoms with Crippen molar-refractivity contribution in [3.05, 3.63) is 0 Å². The normalized spacial score (nSPS) is 11.8. The molecule has 0 aromatic carbocycles. The van der Waals surface area contributed by atoms with Gasteiger partial charge in [0, 0.05) is 0 Å². The zero-order valence-corrected chi connectivity index (χ0v) is 8.16. The van der Waals surface area contributed by atoms with Crippen LogP contribution in [0.5, 0.6) is 0 Å². The minimum atomic E-state index is -0.911. The standard InChI is InChI=1S/C7H10Cl2O2/c1-7(2,3)4(5(8)10)6(9)11/h4H,1-3H3. The molecule has 0 rings (SSSR count). The number of rotatable bonds is 2. The second-order valence-corrected chi connectivity index (χ2v) is 4.15. The first-order valence-corrected chi connectivity index (χ1v) is 3.91. The lowest BCUT2D eigenvalue weighted by Crippen LogP contribution is -2.30. The van der Waals surface area contributed by atoms with E-state index in [-0.39, 0.29) is 0 Å². The predicted molar refractivity (Wildman–Crippen MR) is 44.7 cm³/mol. The Labute approximate surface area is 75.9 Å². The molecule has 0 aliphatic carbocycles. The van der Waals surface area contributed by atoms with Crippen molar-refractivity contribution >= 4 is 33.7 Å². The van der Waals surface area contributed by atoms with Crippen LogP contribution >= 0.6 is 23.2 Å². The van der Waals surface area contributed by atoms with Gasteiger partial charge in [-0.25, -0.2) is 0 Å². The van der Waals surface area contributed by atoms with Gasteiger partial charge in [-0.05, 0) is 28.6 Å². The lowest BCUT2D eigenvalue weighted by atomic mass is 9.82. The lowest BCUT2D eigenvalue weighted by molar-refractivity contribution is -0.127. The number of hydrogen-bond donors (Lipinski definition) is 0. The van der Waals surface area contributed by atoms with Crippen molar-refractivity contribution < 1.29 is 9.59 Å². The molecule has 0 heterocycles. The fourth-order valence-corrected chi connectivity index (χ4v) is 1.68. The lowest BCUT2D eigenvalue weighted by Gasteiger charge is -2.23. The Morgan fingerprint density at radius 2 is 1.36 bits per heavy atom. The molecular weight excluding hydrogens is 187 g/mol. The molecule has 0 radical (unpaired) electrons. The van der Waals surface area contributed by atoms with Crippen LogP contribution in [-0.4, -0.2) is 10.5 Å². The second-order valence-electron chi connectivity index (χ2n) is 3.41. The first-order chi connectivity index (χ1) is 4.76. The highest BCUT2D eigenvalue weighted by Crippen LogP contribution is 2.29. The van der Waals surface area contributed by atoms with Crippen LogP contribution in [0, 0.1) is 11.3 Å². The van der Waals surface area contributed by atoms with Crippen LogP contribution in [-0.2, 0) is 9.59 Å². The van der Waals surface area contributed by atoms with E-state index in [1.165, 1.54) is 0 Å². The minimum absolute atomic E-state index is 0.502. The molecule has 0 fully saturated rings. The van der Waals surface area contributed by atoms with Gasteiger partial charge in [0.1, 0.15) is 5.92 Å². The third-order valence-corrected chi connectivity index (χ3v) is 1.76. The summed E-state index contributed by atoms with van der Waals surface area (Å²) < 4.78 is 0. The van der Waals surface area contributed by atoms with E-state index in [2.05, 4.69) is 0 Å². The molecule has 0 saturated carbocycles. The van der Waals surface area contributed by atoms with Crippen molar-refractivity contribution in [2.75, 3.05) is 0 Å². The average molecular weight is 197 g/mol.